The smallest absolute Gasteiger partial charge is 0.340 e. The number of hydrogen-bond acceptors (Lipinski definition) is 9. The SMILES string of the molecule is C[C@H](Nc1cc(Cl)nn2c(C3O[C@H](COP(=O)(O)CP(=O)(O)O)[C@@H](O)[C@H]3O)cnc12)c1cccc(F)c1. The molecule has 13 nitrogen and oxygen atoms in total. The van der Waals surface area contributed by atoms with Crippen LogP contribution in [0.15, 0.2) is 36.5 Å². The average Bonchev–Trinajstić information content (AvgIpc) is 3.32. The minimum absolute atomic E-state index is 0.0484. The van der Waals surface area contributed by atoms with Crippen molar-refractivity contribution in [1.29, 1.82) is 0 Å². The van der Waals surface area contributed by atoms with Crippen molar-refractivity contribution in [2.45, 2.75) is 37.4 Å². The standard InChI is InChI=1S/C20H24ClFN4O9P2/c1-10(11-3-2-4-12(22)5-11)24-13-6-16(21)25-26-14(7-23-20(13)26)19-18(28)17(27)15(35-19)8-34-37(32,33)9-36(29,30)31/h2-7,10,15,17-19,24,27-28H,8-9H2,1H3,(H,32,33)(H2,29,30,31)/t10-,15+,17+,18+,19?/m0/s1. The molecule has 37 heavy (non-hydrogen) atoms. The Morgan fingerprint density at radius 3 is 2.65 bits per heavy atom. The first-order valence-electron chi connectivity index (χ1n) is 10.8. The summed E-state index contributed by atoms with van der Waals surface area (Å²) < 4.78 is 48.2. The normalized spacial score (nSPS) is 24.8. The van der Waals surface area contributed by atoms with Gasteiger partial charge in [0, 0.05) is 12.1 Å². The van der Waals surface area contributed by atoms with Crippen LogP contribution in [0.3, 0.4) is 0 Å². The number of aromatic nitrogens is 3. The van der Waals surface area contributed by atoms with Crippen LogP contribution in [0.2, 0.25) is 5.15 Å². The third-order valence-corrected chi connectivity index (χ3v) is 9.28. The molecule has 0 radical (unpaired) electrons. The highest BCUT2D eigenvalue weighted by molar-refractivity contribution is 7.70. The molecule has 0 bridgehead atoms. The van der Waals surface area contributed by atoms with Gasteiger partial charge >= 0.3 is 15.2 Å². The molecule has 6 N–H and O–H groups in total. The molecule has 1 fully saturated rings. The van der Waals surface area contributed by atoms with E-state index in [9.17, 15) is 28.6 Å². The summed E-state index contributed by atoms with van der Waals surface area (Å²) in [5.74, 6) is -1.80. The zero-order chi connectivity index (χ0) is 27.1. The first-order valence-corrected chi connectivity index (χ1v) is 14.8. The summed E-state index contributed by atoms with van der Waals surface area (Å²) in [6.07, 6.45) is -4.29. The maximum absolute atomic E-state index is 13.6. The van der Waals surface area contributed by atoms with Crippen LogP contribution in [-0.4, -0.2) is 70.3 Å². The molecule has 0 aliphatic carbocycles. The summed E-state index contributed by atoms with van der Waals surface area (Å²) in [5, 5.41) is 28.4. The maximum atomic E-state index is 13.6. The van der Waals surface area contributed by atoms with Gasteiger partial charge in [-0.05, 0) is 24.6 Å². The van der Waals surface area contributed by atoms with Gasteiger partial charge in [-0.3, -0.25) is 9.13 Å². The van der Waals surface area contributed by atoms with Crippen LogP contribution >= 0.6 is 26.8 Å². The van der Waals surface area contributed by atoms with E-state index >= 15 is 0 Å². The lowest BCUT2D eigenvalue weighted by molar-refractivity contribution is -0.0204. The van der Waals surface area contributed by atoms with Crippen molar-refractivity contribution in [1.82, 2.24) is 14.6 Å². The first kappa shape index (κ1) is 28.1. The number of fused-ring (bicyclic) bond motifs is 1. The molecule has 17 heteroatoms. The van der Waals surface area contributed by atoms with Crippen molar-refractivity contribution < 1.29 is 47.7 Å². The number of imidazole rings is 1. The lowest BCUT2D eigenvalue weighted by Gasteiger charge is -2.18. The molecule has 0 saturated carbocycles. The van der Waals surface area contributed by atoms with E-state index in [4.69, 9.17) is 30.6 Å². The van der Waals surface area contributed by atoms with Gasteiger partial charge in [0.1, 0.15) is 30.2 Å². The van der Waals surface area contributed by atoms with Gasteiger partial charge in [-0.25, -0.2) is 13.9 Å². The molecule has 1 aliphatic heterocycles. The Kier molecular flexibility index (Phi) is 8.08. The van der Waals surface area contributed by atoms with Crippen LogP contribution in [-0.2, 0) is 18.4 Å². The molecule has 2 unspecified atom stereocenters. The van der Waals surface area contributed by atoms with Crippen molar-refractivity contribution in [2.75, 3.05) is 17.8 Å². The van der Waals surface area contributed by atoms with Crippen LogP contribution < -0.4 is 5.32 Å². The van der Waals surface area contributed by atoms with E-state index in [1.54, 1.807) is 19.1 Å². The second-order valence-corrected chi connectivity index (χ2v) is 12.9. The summed E-state index contributed by atoms with van der Waals surface area (Å²) in [6, 6.07) is 7.20. The third-order valence-electron chi connectivity index (χ3n) is 5.64. The summed E-state index contributed by atoms with van der Waals surface area (Å²) >= 11 is 6.21. The third kappa shape index (κ3) is 6.55. The molecule has 6 atom stereocenters. The van der Waals surface area contributed by atoms with Gasteiger partial charge in [0.05, 0.1) is 24.2 Å². The van der Waals surface area contributed by atoms with Crippen molar-refractivity contribution in [3.05, 3.63) is 58.8 Å². The van der Waals surface area contributed by atoms with E-state index in [0.29, 0.717) is 11.3 Å². The van der Waals surface area contributed by atoms with E-state index < -0.39 is 57.9 Å². The zero-order valence-corrected chi connectivity index (χ0v) is 21.7. The number of hydrogen-bond donors (Lipinski definition) is 6. The number of aliphatic hydroxyl groups excluding tert-OH is 2. The van der Waals surface area contributed by atoms with Gasteiger partial charge in [0.25, 0.3) is 0 Å². The summed E-state index contributed by atoms with van der Waals surface area (Å²) in [7, 11) is -9.55. The highest BCUT2D eigenvalue weighted by Gasteiger charge is 2.46. The second kappa shape index (κ2) is 10.7. The van der Waals surface area contributed by atoms with Gasteiger partial charge in [0.15, 0.2) is 16.7 Å². The van der Waals surface area contributed by atoms with Crippen LogP contribution in [0, 0.1) is 5.82 Å². The monoisotopic (exact) mass is 580 g/mol. The fourth-order valence-corrected chi connectivity index (χ4v) is 6.70. The number of ether oxygens (including phenoxy) is 1. The lowest BCUT2D eigenvalue weighted by Crippen LogP contribution is -2.33. The lowest BCUT2D eigenvalue weighted by atomic mass is 10.1. The van der Waals surface area contributed by atoms with Crippen molar-refractivity contribution in [3.63, 3.8) is 0 Å². The zero-order valence-electron chi connectivity index (χ0n) is 19.1. The molecule has 1 saturated heterocycles. The van der Waals surface area contributed by atoms with E-state index in [1.165, 1.54) is 28.9 Å². The van der Waals surface area contributed by atoms with Gasteiger partial charge in [-0.2, -0.15) is 5.10 Å². The average molecular weight is 581 g/mol. The molecule has 3 heterocycles. The molecular formula is C20H24ClFN4O9P2. The van der Waals surface area contributed by atoms with E-state index in [-0.39, 0.29) is 22.5 Å². The van der Waals surface area contributed by atoms with Crippen LogP contribution in [0.5, 0.6) is 0 Å². The largest absolute Gasteiger partial charge is 0.387 e. The number of halogens is 2. The Morgan fingerprint density at radius 2 is 1.97 bits per heavy atom. The van der Waals surface area contributed by atoms with E-state index in [0.717, 1.165) is 0 Å². The second-order valence-electron chi connectivity index (χ2n) is 8.54. The summed E-state index contributed by atoms with van der Waals surface area (Å²) in [6.45, 7) is 1.08. The maximum Gasteiger partial charge on any atom is 0.340 e. The number of nitrogens with one attached hydrogen (secondary N) is 1. The van der Waals surface area contributed by atoms with E-state index in [2.05, 4.69) is 15.4 Å². The highest BCUT2D eigenvalue weighted by atomic mass is 35.5. The quantitative estimate of drug-likeness (QED) is 0.202. The predicted molar refractivity (Wildman–Crippen MR) is 129 cm³/mol. The highest BCUT2D eigenvalue weighted by Crippen LogP contribution is 2.55. The Labute approximate surface area is 214 Å². The fourth-order valence-electron chi connectivity index (χ4n) is 3.94. The number of nitrogens with zero attached hydrogens (tertiary/aromatic N) is 3. The van der Waals surface area contributed by atoms with Gasteiger partial charge in [-0.15, -0.1) is 0 Å². The topological polar surface area (TPSA) is 196 Å². The number of benzene rings is 1. The van der Waals surface area contributed by atoms with Crippen molar-refractivity contribution in [2.24, 2.45) is 0 Å². The van der Waals surface area contributed by atoms with Gasteiger partial charge < -0.3 is 39.5 Å². The summed E-state index contributed by atoms with van der Waals surface area (Å²) in [5.41, 5.74) is 1.58. The minimum atomic E-state index is -4.84. The Hall–Kier alpha value is -1.96. The number of anilines is 1. The number of aliphatic hydroxyl groups is 2. The van der Waals surface area contributed by atoms with Crippen LogP contribution in [0.4, 0.5) is 10.1 Å². The van der Waals surface area contributed by atoms with Crippen LogP contribution in [0.1, 0.15) is 30.3 Å². The molecule has 2 aromatic heterocycles. The Balaban J connectivity index is 1.55. The van der Waals surface area contributed by atoms with Gasteiger partial charge in [0.2, 0.25) is 0 Å². The minimum Gasteiger partial charge on any atom is -0.387 e. The molecule has 4 rings (SSSR count). The molecule has 0 spiro atoms. The van der Waals surface area contributed by atoms with Crippen LogP contribution in [0.25, 0.3) is 5.65 Å². The van der Waals surface area contributed by atoms with Crippen molar-refractivity contribution >= 4 is 38.1 Å². The predicted octanol–water partition coefficient (Wildman–Crippen LogP) is 2.19. The van der Waals surface area contributed by atoms with E-state index in [1.807, 2.05) is 0 Å². The molecular weight excluding hydrogens is 557 g/mol. The molecule has 0 amide bonds. The van der Waals surface area contributed by atoms with Crippen molar-refractivity contribution in [3.8, 4) is 0 Å². The first-order chi connectivity index (χ1) is 17.2. The molecule has 202 valence electrons. The van der Waals surface area contributed by atoms with Gasteiger partial charge in [-0.1, -0.05) is 23.7 Å². The summed E-state index contributed by atoms with van der Waals surface area (Å²) in [4.78, 5) is 31.8. The molecule has 1 aromatic carbocycles. The Bertz CT molecular complexity index is 1390. The Morgan fingerprint density at radius 1 is 1.24 bits per heavy atom. The number of rotatable bonds is 9. The fraction of sp³-hybridized carbons (Fsp3) is 0.400. The molecule has 3 aromatic rings. The molecule has 1 aliphatic rings.